The molecule has 1 heterocycles. The summed E-state index contributed by atoms with van der Waals surface area (Å²) in [5.41, 5.74) is 1.48. The van der Waals surface area contributed by atoms with E-state index in [4.69, 9.17) is 6.42 Å². The van der Waals surface area contributed by atoms with Crippen LogP contribution in [-0.2, 0) is 6.18 Å². The lowest BCUT2D eigenvalue weighted by atomic mass is 10.1. The van der Waals surface area contributed by atoms with Crippen LogP contribution in [0.25, 0.3) is 11.1 Å². The van der Waals surface area contributed by atoms with E-state index in [9.17, 15) is 18.0 Å². The maximum atomic E-state index is 12.7. The highest BCUT2D eigenvalue weighted by Gasteiger charge is 2.38. The van der Waals surface area contributed by atoms with Gasteiger partial charge in [-0.1, -0.05) is 12.0 Å². The zero-order valence-corrected chi connectivity index (χ0v) is 11.0. The van der Waals surface area contributed by atoms with E-state index in [-0.39, 0.29) is 17.8 Å². The third-order valence-electron chi connectivity index (χ3n) is 3.21. The lowest BCUT2D eigenvalue weighted by molar-refractivity contribution is -0.145. The van der Waals surface area contributed by atoms with Crippen LogP contribution >= 0.6 is 0 Å². The highest BCUT2D eigenvalue weighted by molar-refractivity contribution is 6.20. The second-order valence-corrected chi connectivity index (χ2v) is 4.60. The van der Waals surface area contributed by atoms with Crippen LogP contribution in [0.3, 0.4) is 0 Å². The number of aromatic nitrogens is 2. The van der Waals surface area contributed by atoms with Gasteiger partial charge in [0.15, 0.2) is 0 Å². The Balaban J connectivity index is 2.06. The quantitative estimate of drug-likeness (QED) is 0.740. The van der Waals surface area contributed by atoms with E-state index in [0.717, 1.165) is 6.20 Å². The Kier molecular flexibility index (Phi) is 3.10. The summed E-state index contributed by atoms with van der Waals surface area (Å²) in [6.07, 6.45) is 1.48. The molecule has 0 unspecified atom stereocenters. The monoisotopic (exact) mass is 303 g/mol. The molecular weight excluding hydrogens is 295 g/mol. The van der Waals surface area contributed by atoms with Crippen LogP contribution in [0.2, 0.25) is 0 Å². The van der Waals surface area contributed by atoms with Crippen LogP contribution in [0.4, 0.5) is 18.9 Å². The minimum Gasteiger partial charge on any atom is -0.374 e. The Morgan fingerprint density at radius 1 is 1.23 bits per heavy atom. The van der Waals surface area contributed by atoms with Gasteiger partial charge in [0.1, 0.15) is 5.69 Å². The highest BCUT2D eigenvalue weighted by Crippen LogP contribution is 2.38. The van der Waals surface area contributed by atoms with Gasteiger partial charge in [0.2, 0.25) is 11.6 Å². The minimum atomic E-state index is -4.69. The Bertz CT molecular complexity index is 822. The first-order chi connectivity index (χ1) is 10.4. The van der Waals surface area contributed by atoms with Gasteiger partial charge < -0.3 is 5.32 Å². The molecule has 0 amide bonds. The van der Waals surface area contributed by atoms with Crippen molar-refractivity contribution in [1.29, 1.82) is 0 Å². The van der Waals surface area contributed by atoms with E-state index in [1.807, 2.05) is 0 Å². The number of alkyl halides is 3. The Labute approximate surface area is 123 Å². The summed E-state index contributed by atoms with van der Waals surface area (Å²) in [7, 11) is 0. The number of ketones is 1. The largest absolute Gasteiger partial charge is 0.451 e. The molecule has 0 aliphatic heterocycles. The molecule has 0 saturated heterocycles. The number of terminal acetylenes is 1. The summed E-state index contributed by atoms with van der Waals surface area (Å²) in [6.45, 7) is 0.276. The van der Waals surface area contributed by atoms with E-state index in [2.05, 4.69) is 21.2 Å². The Morgan fingerprint density at radius 2 is 2.00 bits per heavy atom. The van der Waals surface area contributed by atoms with E-state index in [1.165, 1.54) is 0 Å². The highest BCUT2D eigenvalue weighted by atomic mass is 19.4. The minimum absolute atomic E-state index is 0.230. The zero-order valence-electron chi connectivity index (χ0n) is 11.0. The average molecular weight is 303 g/mol. The number of carbonyl (C=O) groups is 1. The molecule has 0 radical (unpaired) electrons. The normalized spacial score (nSPS) is 12.5. The van der Waals surface area contributed by atoms with Crippen molar-refractivity contribution in [2.45, 2.75) is 6.18 Å². The molecule has 0 atom stereocenters. The molecule has 0 fully saturated rings. The van der Waals surface area contributed by atoms with Crippen molar-refractivity contribution in [3.63, 3.8) is 0 Å². The number of nitrogens with zero attached hydrogens (tertiary/aromatic N) is 2. The molecule has 1 N–H and O–H groups in total. The fraction of sp³-hybridized carbons (Fsp3) is 0.133. The first-order valence-corrected chi connectivity index (χ1v) is 6.22. The topological polar surface area (TPSA) is 54.9 Å². The summed E-state index contributed by atoms with van der Waals surface area (Å²) in [6, 6.07) is 4.87. The molecule has 2 aromatic rings. The van der Waals surface area contributed by atoms with Crippen molar-refractivity contribution in [3.05, 3.63) is 41.5 Å². The molecule has 1 aliphatic rings. The molecule has 1 aliphatic carbocycles. The standard InChI is InChI=1S/C15H8F3N3O/c1-2-5-19-8-3-4-9-10(6-8)13(22)12-11(9)7-20-14(21-12)15(16,17)18/h1,3-4,6-7,19H,5H2. The van der Waals surface area contributed by atoms with E-state index >= 15 is 0 Å². The summed E-state index contributed by atoms with van der Waals surface area (Å²) < 4.78 is 38.0. The summed E-state index contributed by atoms with van der Waals surface area (Å²) >= 11 is 0. The molecule has 0 saturated carbocycles. The summed E-state index contributed by atoms with van der Waals surface area (Å²) in [4.78, 5) is 18.9. The van der Waals surface area contributed by atoms with Crippen molar-refractivity contribution in [2.24, 2.45) is 0 Å². The molecule has 4 nitrogen and oxygen atoms in total. The molecule has 3 rings (SSSR count). The molecule has 0 bridgehead atoms. The van der Waals surface area contributed by atoms with Crippen LogP contribution in [0.15, 0.2) is 24.4 Å². The van der Waals surface area contributed by atoms with E-state index < -0.39 is 17.8 Å². The number of nitrogens with one attached hydrogen (secondary N) is 1. The van der Waals surface area contributed by atoms with Crippen LogP contribution in [-0.4, -0.2) is 22.3 Å². The van der Waals surface area contributed by atoms with Gasteiger partial charge in [-0.3, -0.25) is 4.79 Å². The van der Waals surface area contributed by atoms with Crippen LogP contribution in [0.1, 0.15) is 21.9 Å². The predicted molar refractivity (Wildman–Crippen MR) is 73.2 cm³/mol. The summed E-state index contributed by atoms with van der Waals surface area (Å²) in [5, 5.41) is 2.90. The van der Waals surface area contributed by atoms with Gasteiger partial charge in [0.25, 0.3) is 0 Å². The fourth-order valence-electron chi connectivity index (χ4n) is 2.25. The SMILES string of the molecule is C#CCNc1ccc2c(c1)C(=O)c1nc(C(F)(F)F)ncc1-2. The van der Waals surface area contributed by atoms with Gasteiger partial charge in [-0.15, -0.1) is 6.42 Å². The first kappa shape index (κ1) is 14.1. The molecule has 110 valence electrons. The number of fused-ring (bicyclic) bond motifs is 3. The third-order valence-corrected chi connectivity index (χ3v) is 3.21. The van der Waals surface area contributed by atoms with Gasteiger partial charge in [-0.25, -0.2) is 9.97 Å². The fourth-order valence-corrected chi connectivity index (χ4v) is 2.25. The smallest absolute Gasteiger partial charge is 0.374 e. The van der Waals surface area contributed by atoms with Gasteiger partial charge in [0.05, 0.1) is 6.54 Å². The van der Waals surface area contributed by atoms with E-state index in [1.54, 1.807) is 18.2 Å². The van der Waals surface area contributed by atoms with Crippen molar-refractivity contribution in [2.75, 3.05) is 11.9 Å². The van der Waals surface area contributed by atoms with Crippen LogP contribution < -0.4 is 5.32 Å². The number of hydrogen-bond acceptors (Lipinski definition) is 4. The maximum absolute atomic E-state index is 12.7. The Morgan fingerprint density at radius 3 is 2.68 bits per heavy atom. The second-order valence-electron chi connectivity index (χ2n) is 4.60. The van der Waals surface area contributed by atoms with Crippen molar-refractivity contribution in [3.8, 4) is 23.5 Å². The number of halogens is 3. The number of hydrogen-bond donors (Lipinski definition) is 1. The molecule has 1 aromatic carbocycles. The molecule has 7 heteroatoms. The number of anilines is 1. The maximum Gasteiger partial charge on any atom is 0.451 e. The third kappa shape index (κ3) is 2.19. The summed E-state index contributed by atoms with van der Waals surface area (Å²) in [5.74, 6) is 0.518. The lowest BCUT2D eigenvalue weighted by Gasteiger charge is -2.06. The number of benzene rings is 1. The number of rotatable bonds is 2. The van der Waals surface area contributed by atoms with Gasteiger partial charge in [-0.05, 0) is 17.7 Å². The van der Waals surface area contributed by atoms with Gasteiger partial charge in [-0.2, -0.15) is 13.2 Å². The molecule has 1 aromatic heterocycles. The van der Waals surface area contributed by atoms with E-state index in [0.29, 0.717) is 16.8 Å². The predicted octanol–water partition coefficient (Wildman–Crippen LogP) is 2.75. The average Bonchev–Trinajstić information content (AvgIpc) is 2.77. The zero-order chi connectivity index (χ0) is 15.9. The van der Waals surface area contributed by atoms with Crippen LogP contribution in [0, 0.1) is 12.3 Å². The molecule has 22 heavy (non-hydrogen) atoms. The second kappa shape index (κ2) is 4.84. The van der Waals surface area contributed by atoms with Gasteiger partial charge >= 0.3 is 6.18 Å². The lowest BCUT2D eigenvalue weighted by Crippen LogP contribution is -2.13. The Hall–Kier alpha value is -2.88. The molecular formula is C15H8F3N3O. The first-order valence-electron chi connectivity index (χ1n) is 6.22. The van der Waals surface area contributed by atoms with Crippen LogP contribution in [0.5, 0.6) is 0 Å². The van der Waals surface area contributed by atoms with Crippen molar-refractivity contribution < 1.29 is 18.0 Å². The number of carbonyl (C=O) groups excluding carboxylic acids is 1. The van der Waals surface area contributed by atoms with Crippen molar-refractivity contribution in [1.82, 2.24) is 9.97 Å². The molecule has 0 spiro atoms. The van der Waals surface area contributed by atoms with Crippen molar-refractivity contribution >= 4 is 11.5 Å². The van der Waals surface area contributed by atoms with Gasteiger partial charge in [0, 0.05) is 23.0 Å².